The molecular weight excluding hydrogens is 351 g/mol. The fourth-order valence-corrected chi connectivity index (χ4v) is 3.83. The van der Waals surface area contributed by atoms with Gasteiger partial charge in [-0.05, 0) is 31.9 Å². The van der Waals surface area contributed by atoms with Crippen molar-refractivity contribution < 1.29 is 23.5 Å². The Morgan fingerprint density at radius 2 is 1.85 bits per heavy atom. The number of likely N-dealkylation sites (tertiary alicyclic amines) is 1. The molecule has 1 aromatic rings. The maximum absolute atomic E-state index is 13.5. The van der Waals surface area contributed by atoms with Crippen LogP contribution in [0.5, 0.6) is 5.75 Å². The summed E-state index contributed by atoms with van der Waals surface area (Å²) in [4.78, 5) is 38.2. The molecular formula is C20H25FN2O4. The Hall–Kier alpha value is -2.44. The highest BCUT2D eigenvalue weighted by molar-refractivity contribution is 6.05. The smallest absolute Gasteiger partial charge is 0.233 e. The minimum Gasteiger partial charge on any atom is -0.488 e. The average molecular weight is 376 g/mol. The van der Waals surface area contributed by atoms with E-state index in [0.29, 0.717) is 0 Å². The van der Waals surface area contributed by atoms with Crippen LogP contribution in [0.4, 0.5) is 4.39 Å². The zero-order valence-electron chi connectivity index (χ0n) is 15.4. The van der Waals surface area contributed by atoms with Crippen molar-refractivity contribution in [3.8, 4) is 5.75 Å². The van der Waals surface area contributed by atoms with Crippen LogP contribution in [-0.2, 0) is 14.4 Å². The zero-order chi connectivity index (χ0) is 19.4. The molecule has 0 spiro atoms. The van der Waals surface area contributed by atoms with Gasteiger partial charge in [0.05, 0.1) is 17.9 Å². The Labute approximate surface area is 158 Å². The number of para-hydroxylation sites is 1. The van der Waals surface area contributed by atoms with Crippen LogP contribution in [0.15, 0.2) is 24.3 Å². The molecule has 3 atom stereocenters. The van der Waals surface area contributed by atoms with Crippen molar-refractivity contribution in [2.45, 2.75) is 45.1 Å². The summed E-state index contributed by atoms with van der Waals surface area (Å²) in [7, 11) is 0. The lowest BCUT2D eigenvalue weighted by Crippen LogP contribution is -2.40. The Morgan fingerprint density at radius 3 is 2.48 bits per heavy atom. The largest absolute Gasteiger partial charge is 0.488 e. The summed E-state index contributed by atoms with van der Waals surface area (Å²) in [5.41, 5.74) is 0. The number of rotatable bonds is 7. The fraction of sp³-hybridized carbons (Fsp3) is 0.550. The molecule has 1 N–H and O–H groups in total. The van der Waals surface area contributed by atoms with Crippen LogP contribution in [0.25, 0.3) is 0 Å². The quantitative estimate of drug-likeness (QED) is 0.741. The molecule has 1 aromatic carbocycles. The van der Waals surface area contributed by atoms with Gasteiger partial charge in [-0.25, -0.2) is 4.39 Å². The minimum absolute atomic E-state index is 0.0565. The molecule has 0 radical (unpaired) electrons. The summed E-state index contributed by atoms with van der Waals surface area (Å²) in [6, 6.07) is 5.74. The van der Waals surface area contributed by atoms with Gasteiger partial charge < -0.3 is 10.1 Å². The van der Waals surface area contributed by atoms with Crippen LogP contribution in [0.1, 0.15) is 39.0 Å². The normalized spacial score (nSPS) is 23.1. The SMILES string of the molecule is CC(COc1ccccc1F)NC(=O)CCN1C(=O)C2CCCCC2C1=O. The van der Waals surface area contributed by atoms with E-state index in [0.717, 1.165) is 25.7 Å². The second kappa shape index (κ2) is 8.50. The molecule has 7 heteroatoms. The molecule has 3 unspecified atom stereocenters. The van der Waals surface area contributed by atoms with E-state index in [9.17, 15) is 18.8 Å². The molecule has 6 nitrogen and oxygen atoms in total. The Bertz CT molecular complexity index is 700. The number of nitrogens with zero attached hydrogens (tertiary/aromatic N) is 1. The first-order chi connectivity index (χ1) is 13.0. The number of hydrogen-bond acceptors (Lipinski definition) is 4. The van der Waals surface area contributed by atoms with Crippen molar-refractivity contribution in [1.29, 1.82) is 0 Å². The first kappa shape index (κ1) is 19.3. The summed E-state index contributed by atoms with van der Waals surface area (Å²) < 4.78 is 18.9. The summed E-state index contributed by atoms with van der Waals surface area (Å²) in [5.74, 6) is -1.24. The molecule has 146 valence electrons. The molecule has 1 heterocycles. The second-order valence-electron chi connectivity index (χ2n) is 7.29. The highest BCUT2D eigenvalue weighted by Crippen LogP contribution is 2.37. The third-order valence-electron chi connectivity index (χ3n) is 5.23. The van der Waals surface area contributed by atoms with Crippen LogP contribution < -0.4 is 10.1 Å². The highest BCUT2D eigenvalue weighted by Gasteiger charge is 2.47. The first-order valence-electron chi connectivity index (χ1n) is 9.49. The molecule has 2 fully saturated rings. The Kier molecular flexibility index (Phi) is 6.08. The van der Waals surface area contributed by atoms with E-state index in [4.69, 9.17) is 4.74 Å². The number of halogens is 1. The highest BCUT2D eigenvalue weighted by atomic mass is 19.1. The number of imide groups is 1. The zero-order valence-corrected chi connectivity index (χ0v) is 15.4. The van der Waals surface area contributed by atoms with E-state index >= 15 is 0 Å². The lowest BCUT2D eigenvalue weighted by molar-refractivity contribution is -0.140. The van der Waals surface area contributed by atoms with Gasteiger partial charge in [0.1, 0.15) is 6.61 Å². The van der Waals surface area contributed by atoms with Gasteiger partial charge in [0.2, 0.25) is 17.7 Å². The van der Waals surface area contributed by atoms with Crippen molar-refractivity contribution in [3.63, 3.8) is 0 Å². The van der Waals surface area contributed by atoms with Crippen molar-refractivity contribution in [2.24, 2.45) is 11.8 Å². The van der Waals surface area contributed by atoms with Gasteiger partial charge in [0, 0.05) is 13.0 Å². The predicted molar refractivity (Wildman–Crippen MR) is 96.3 cm³/mol. The number of nitrogens with one attached hydrogen (secondary N) is 1. The van der Waals surface area contributed by atoms with Crippen molar-refractivity contribution >= 4 is 17.7 Å². The number of carbonyl (C=O) groups is 3. The number of amides is 3. The van der Waals surface area contributed by atoms with Crippen LogP contribution in [0.2, 0.25) is 0 Å². The maximum atomic E-state index is 13.5. The van der Waals surface area contributed by atoms with Gasteiger partial charge >= 0.3 is 0 Å². The van der Waals surface area contributed by atoms with Crippen LogP contribution in [-0.4, -0.2) is 41.8 Å². The van der Waals surface area contributed by atoms with E-state index in [1.54, 1.807) is 19.1 Å². The lowest BCUT2D eigenvalue weighted by atomic mass is 9.81. The molecule has 1 aliphatic carbocycles. The summed E-state index contributed by atoms with van der Waals surface area (Å²) in [6.45, 7) is 1.98. The fourth-order valence-electron chi connectivity index (χ4n) is 3.83. The van der Waals surface area contributed by atoms with Crippen LogP contribution >= 0.6 is 0 Å². The van der Waals surface area contributed by atoms with Crippen molar-refractivity contribution in [2.75, 3.05) is 13.2 Å². The van der Waals surface area contributed by atoms with Crippen LogP contribution in [0.3, 0.4) is 0 Å². The first-order valence-corrected chi connectivity index (χ1v) is 9.49. The van der Waals surface area contributed by atoms with Gasteiger partial charge in [0.15, 0.2) is 11.6 Å². The van der Waals surface area contributed by atoms with E-state index in [-0.39, 0.29) is 60.9 Å². The second-order valence-corrected chi connectivity index (χ2v) is 7.29. The van der Waals surface area contributed by atoms with E-state index in [1.165, 1.54) is 17.0 Å². The average Bonchev–Trinajstić information content (AvgIpc) is 2.90. The summed E-state index contributed by atoms with van der Waals surface area (Å²) in [6.07, 6.45) is 3.55. The molecule has 0 bridgehead atoms. The third kappa shape index (κ3) is 4.46. The topological polar surface area (TPSA) is 75.7 Å². The van der Waals surface area contributed by atoms with Gasteiger partial charge in [-0.15, -0.1) is 0 Å². The predicted octanol–water partition coefficient (Wildman–Crippen LogP) is 2.27. The standard InChI is InChI=1S/C20H25FN2O4/c1-13(12-27-17-9-5-4-8-16(17)21)22-18(24)10-11-23-19(25)14-6-2-3-7-15(14)20(23)26/h4-5,8-9,13-15H,2-3,6-7,10-12H2,1H3,(H,22,24). The molecule has 2 aliphatic rings. The van der Waals surface area contributed by atoms with Crippen LogP contribution in [0, 0.1) is 17.7 Å². The number of hydrogen-bond donors (Lipinski definition) is 1. The van der Waals surface area contributed by atoms with Gasteiger partial charge in [-0.3, -0.25) is 19.3 Å². The molecule has 1 saturated heterocycles. The van der Waals surface area contributed by atoms with E-state index < -0.39 is 5.82 Å². The summed E-state index contributed by atoms with van der Waals surface area (Å²) in [5, 5.41) is 2.75. The third-order valence-corrected chi connectivity index (χ3v) is 5.23. The van der Waals surface area contributed by atoms with Crippen molar-refractivity contribution in [1.82, 2.24) is 10.2 Å². The van der Waals surface area contributed by atoms with E-state index in [1.807, 2.05) is 0 Å². The Balaban J connectivity index is 1.43. The van der Waals surface area contributed by atoms with Crippen molar-refractivity contribution in [3.05, 3.63) is 30.1 Å². The lowest BCUT2D eigenvalue weighted by Gasteiger charge is -2.19. The molecule has 27 heavy (non-hydrogen) atoms. The number of carbonyl (C=O) groups excluding carboxylic acids is 3. The monoisotopic (exact) mass is 376 g/mol. The number of ether oxygens (including phenoxy) is 1. The summed E-state index contributed by atoms with van der Waals surface area (Å²) >= 11 is 0. The molecule has 3 rings (SSSR count). The minimum atomic E-state index is -0.455. The maximum Gasteiger partial charge on any atom is 0.233 e. The van der Waals surface area contributed by atoms with Gasteiger partial charge in [0.25, 0.3) is 0 Å². The number of benzene rings is 1. The number of fused-ring (bicyclic) bond motifs is 1. The molecule has 1 aliphatic heterocycles. The van der Waals surface area contributed by atoms with E-state index in [2.05, 4.69) is 5.32 Å². The Morgan fingerprint density at radius 1 is 1.22 bits per heavy atom. The van der Waals surface area contributed by atoms with Gasteiger partial charge in [-0.2, -0.15) is 0 Å². The molecule has 0 aromatic heterocycles. The molecule has 1 saturated carbocycles. The molecule has 3 amide bonds. The van der Waals surface area contributed by atoms with Gasteiger partial charge in [-0.1, -0.05) is 25.0 Å².